The van der Waals surface area contributed by atoms with E-state index in [0.717, 1.165) is 42.2 Å². The first kappa shape index (κ1) is 40.9. The van der Waals surface area contributed by atoms with Gasteiger partial charge < -0.3 is 31.9 Å². The van der Waals surface area contributed by atoms with Gasteiger partial charge in [-0.2, -0.15) is 26.3 Å². The number of carbonyl (C=O) groups excluding carboxylic acids is 1. The lowest BCUT2D eigenvalue weighted by Gasteiger charge is -2.33. The van der Waals surface area contributed by atoms with E-state index in [0.29, 0.717) is 17.8 Å². The number of nitrogens with one attached hydrogen (secondary N) is 4. The Labute approximate surface area is 281 Å². The number of fused-ring (bicyclic) bond motifs is 1. The zero-order valence-electron chi connectivity index (χ0n) is 27.0. The smallest absolute Gasteiger partial charge is 0.475 e. The molecule has 12 nitrogen and oxygen atoms in total. The number of alkyl halides is 6. The summed E-state index contributed by atoms with van der Waals surface area (Å²) in [5, 5.41) is 32.4. The van der Waals surface area contributed by atoms with Crippen molar-refractivity contribution in [1.82, 2.24) is 20.6 Å². The SMILES string of the molecule is Cc1ccc2nc(C(=O)NC(C)(C)Cc3ccc(F)cc3)nc(NC3CCCCC3NC(=N)N)c2c1.O=C(O)C(F)(F)F.O=C(O)C(F)(F)F. The van der Waals surface area contributed by atoms with Crippen molar-refractivity contribution in [3.8, 4) is 0 Å². The number of rotatable bonds is 7. The Morgan fingerprint density at radius 3 is 1.92 bits per heavy atom. The maximum atomic E-state index is 13.3. The van der Waals surface area contributed by atoms with Gasteiger partial charge in [0.05, 0.1) is 5.52 Å². The second-order valence-corrected chi connectivity index (χ2v) is 11.9. The van der Waals surface area contributed by atoms with Crippen LogP contribution in [-0.4, -0.2) is 74.0 Å². The molecule has 0 saturated heterocycles. The van der Waals surface area contributed by atoms with Gasteiger partial charge in [-0.25, -0.2) is 23.9 Å². The van der Waals surface area contributed by atoms with E-state index in [4.69, 9.17) is 30.9 Å². The second kappa shape index (κ2) is 16.9. The molecule has 2 atom stereocenters. The number of carboxylic acid groups (broad SMARTS) is 2. The van der Waals surface area contributed by atoms with Gasteiger partial charge in [0.15, 0.2) is 5.96 Å². The summed E-state index contributed by atoms with van der Waals surface area (Å²) in [7, 11) is 0. The van der Waals surface area contributed by atoms with Gasteiger partial charge in [0.25, 0.3) is 5.91 Å². The van der Waals surface area contributed by atoms with Crippen molar-refractivity contribution in [1.29, 1.82) is 5.41 Å². The molecule has 1 fully saturated rings. The second-order valence-electron chi connectivity index (χ2n) is 11.9. The van der Waals surface area contributed by atoms with Gasteiger partial charge in [-0.3, -0.25) is 10.2 Å². The fourth-order valence-electron chi connectivity index (χ4n) is 4.83. The number of amides is 1. The maximum Gasteiger partial charge on any atom is 0.490 e. The molecule has 0 radical (unpaired) electrons. The summed E-state index contributed by atoms with van der Waals surface area (Å²) >= 11 is 0. The molecule has 1 aromatic heterocycles. The average molecular weight is 720 g/mol. The molecule has 50 heavy (non-hydrogen) atoms. The number of nitrogens with two attached hydrogens (primary N) is 1. The number of aryl methyl sites for hydroxylation is 1. The molecule has 2 unspecified atom stereocenters. The molecule has 1 saturated carbocycles. The molecule has 0 bridgehead atoms. The normalized spacial score (nSPS) is 16.1. The van der Waals surface area contributed by atoms with Crippen LogP contribution in [0.15, 0.2) is 42.5 Å². The number of carbonyl (C=O) groups is 3. The number of anilines is 1. The van der Waals surface area contributed by atoms with Crippen LogP contribution in [0.5, 0.6) is 0 Å². The van der Waals surface area contributed by atoms with E-state index in [9.17, 15) is 35.5 Å². The number of halogens is 7. The van der Waals surface area contributed by atoms with Gasteiger partial charge in [-0.05, 0) is 69.9 Å². The monoisotopic (exact) mass is 719 g/mol. The molecular formula is C31H36F7N7O5. The summed E-state index contributed by atoms with van der Waals surface area (Å²) in [6.45, 7) is 5.83. The summed E-state index contributed by atoms with van der Waals surface area (Å²) in [4.78, 5) is 40.3. The molecule has 8 N–H and O–H groups in total. The van der Waals surface area contributed by atoms with Crippen molar-refractivity contribution in [3.05, 3.63) is 65.2 Å². The molecular weight excluding hydrogens is 683 g/mol. The first-order valence-electron chi connectivity index (χ1n) is 14.8. The Bertz CT molecular complexity index is 1640. The first-order chi connectivity index (χ1) is 23.0. The molecule has 19 heteroatoms. The Balaban J connectivity index is 0.000000521. The van der Waals surface area contributed by atoms with Crippen molar-refractivity contribution in [2.45, 2.75) is 82.9 Å². The highest BCUT2D eigenvalue weighted by molar-refractivity contribution is 5.97. The lowest BCUT2D eigenvalue weighted by Crippen LogP contribution is -2.50. The van der Waals surface area contributed by atoms with Crippen molar-refractivity contribution >= 4 is 40.5 Å². The van der Waals surface area contributed by atoms with Crippen LogP contribution in [0.25, 0.3) is 10.9 Å². The van der Waals surface area contributed by atoms with Crippen LogP contribution >= 0.6 is 0 Å². The quantitative estimate of drug-likeness (QED) is 0.0954. The van der Waals surface area contributed by atoms with E-state index in [1.54, 1.807) is 12.1 Å². The first-order valence-corrected chi connectivity index (χ1v) is 14.8. The van der Waals surface area contributed by atoms with Crippen molar-refractivity contribution in [2.24, 2.45) is 5.73 Å². The predicted molar refractivity (Wildman–Crippen MR) is 168 cm³/mol. The fourth-order valence-corrected chi connectivity index (χ4v) is 4.83. The zero-order valence-corrected chi connectivity index (χ0v) is 27.0. The molecule has 0 spiro atoms. The highest BCUT2D eigenvalue weighted by atomic mass is 19.4. The van der Waals surface area contributed by atoms with E-state index in [-0.39, 0.29) is 35.6 Å². The highest BCUT2D eigenvalue weighted by Crippen LogP contribution is 2.27. The number of carboxylic acids is 2. The van der Waals surface area contributed by atoms with Crippen molar-refractivity contribution in [3.63, 3.8) is 0 Å². The number of aliphatic carboxylic acids is 2. The van der Waals surface area contributed by atoms with Gasteiger partial charge in [0.1, 0.15) is 11.6 Å². The molecule has 2 aromatic carbocycles. The minimum atomic E-state index is -5.08. The Hall–Kier alpha value is -5.23. The van der Waals surface area contributed by atoms with Crippen LogP contribution in [0.1, 0.15) is 61.3 Å². The van der Waals surface area contributed by atoms with Gasteiger partial charge in [0.2, 0.25) is 5.82 Å². The lowest BCUT2D eigenvalue weighted by atomic mass is 9.90. The van der Waals surface area contributed by atoms with Crippen molar-refractivity contribution in [2.75, 3.05) is 5.32 Å². The van der Waals surface area contributed by atoms with Crippen molar-refractivity contribution < 1.29 is 55.3 Å². The van der Waals surface area contributed by atoms with Crippen LogP contribution in [0.4, 0.5) is 36.6 Å². The van der Waals surface area contributed by atoms with E-state index in [1.165, 1.54) is 12.1 Å². The topological polar surface area (TPSA) is 203 Å². The molecule has 1 amide bonds. The Morgan fingerprint density at radius 2 is 1.42 bits per heavy atom. The summed E-state index contributed by atoms with van der Waals surface area (Å²) in [6, 6.07) is 12.1. The number of hydrogen-bond acceptors (Lipinski definition) is 7. The fraction of sp³-hybridized carbons (Fsp3) is 0.419. The Morgan fingerprint density at radius 1 is 0.900 bits per heavy atom. The maximum absolute atomic E-state index is 13.3. The molecule has 1 aliphatic rings. The summed E-state index contributed by atoms with van der Waals surface area (Å²) < 4.78 is 76.8. The average Bonchev–Trinajstić information content (AvgIpc) is 2.98. The summed E-state index contributed by atoms with van der Waals surface area (Å²) in [6.07, 6.45) is -5.74. The van der Waals surface area contributed by atoms with E-state index >= 15 is 0 Å². The van der Waals surface area contributed by atoms with Crippen LogP contribution in [0, 0.1) is 18.2 Å². The lowest BCUT2D eigenvalue weighted by molar-refractivity contribution is -0.193. The zero-order chi connectivity index (χ0) is 38.0. The third-order valence-electron chi connectivity index (χ3n) is 6.98. The van der Waals surface area contributed by atoms with E-state index in [1.807, 2.05) is 39.0 Å². The number of nitrogens with zero attached hydrogens (tertiary/aromatic N) is 2. The highest BCUT2D eigenvalue weighted by Gasteiger charge is 2.39. The van der Waals surface area contributed by atoms with Gasteiger partial charge in [0, 0.05) is 23.0 Å². The number of hydrogen-bond donors (Lipinski definition) is 7. The summed E-state index contributed by atoms with van der Waals surface area (Å²) in [5.74, 6) is -5.57. The number of aromatic nitrogens is 2. The predicted octanol–water partition coefficient (Wildman–Crippen LogP) is 5.30. The summed E-state index contributed by atoms with van der Waals surface area (Å²) in [5.41, 5.74) is 7.67. The molecule has 1 heterocycles. The van der Waals surface area contributed by atoms with Gasteiger partial charge >= 0.3 is 24.3 Å². The van der Waals surface area contributed by atoms with Crippen LogP contribution in [0.3, 0.4) is 0 Å². The van der Waals surface area contributed by atoms with Crippen LogP contribution < -0.4 is 21.7 Å². The van der Waals surface area contributed by atoms with Crippen LogP contribution in [-0.2, 0) is 16.0 Å². The van der Waals surface area contributed by atoms with Gasteiger partial charge in [-0.1, -0.05) is 36.6 Å². The minimum absolute atomic E-state index is 0.00186. The third-order valence-corrected chi connectivity index (χ3v) is 6.98. The minimum Gasteiger partial charge on any atom is -0.475 e. The van der Waals surface area contributed by atoms with E-state index < -0.39 is 29.8 Å². The molecule has 1 aliphatic carbocycles. The Kier molecular flexibility index (Phi) is 13.9. The largest absolute Gasteiger partial charge is 0.490 e. The molecule has 0 aliphatic heterocycles. The number of benzene rings is 2. The third kappa shape index (κ3) is 13.3. The van der Waals surface area contributed by atoms with Gasteiger partial charge in [-0.15, -0.1) is 0 Å². The molecule has 3 aromatic rings. The molecule has 274 valence electrons. The standard InChI is InChI=1S/C27H34FN7O.2C2HF3O2/c1-16-8-13-20-19(14-16)23(32-21-6-4-5-7-22(21)33-26(29)30)34-24(31-20)25(36)35-27(2,3)15-17-9-11-18(28)12-10-17;2*3-2(4,5)1(6)7/h8-14,21-22H,4-7,15H2,1-3H3,(H,35,36)(H4,29,30,33)(H,31,32,34);2*(H,6,7). The van der Waals surface area contributed by atoms with E-state index in [2.05, 4.69) is 25.9 Å². The number of guanidine groups is 1. The van der Waals surface area contributed by atoms with Crippen LogP contribution in [0.2, 0.25) is 0 Å². The molecule has 4 rings (SSSR count).